The van der Waals surface area contributed by atoms with Gasteiger partial charge in [0, 0.05) is 49.1 Å². The first-order chi connectivity index (χ1) is 21.4. The fourth-order valence-corrected chi connectivity index (χ4v) is 7.47. The van der Waals surface area contributed by atoms with E-state index in [-0.39, 0.29) is 18.1 Å². The number of carbonyl (C=O) groups is 3. The number of pyridine rings is 1. The van der Waals surface area contributed by atoms with Gasteiger partial charge in [-0.05, 0) is 57.5 Å². The smallest absolute Gasteiger partial charge is 0.326 e. The predicted octanol–water partition coefficient (Wildman–Crippen LogP) is 4.32. The Labute approximate surface area is 271 Å². The number of rotatable bonds is 13. The number of carboxylic acid groups (broad SMARTS) is 1. The fourth-order valence-electron chi connectivity index (χ4n) is 4.45. The molecule has 0 saturated carbocycles. The van der Waals surface area contributed by atoms with E-state index in [0.717, 1.165) is 28.0 Å². The molecule has 248 valence electrons. The average molecular weight is 663 g/mol. The van der Waals surface area contributed by atoms with Crippen molar-refractivity contribution in [2.24, 2.45) is 4.99 Å². The molecule has 14 heteroatoms. The number of carbonyl (C=O) groups excluding carboxylic acids is 2. The van der Waals surface area contributed by atoms with Crippen LogP contribution in [-0.4, -0.2) is 89.7 Å². The zero-order chi connectivity index (χ0) is 34.2. The van der Waals surface area contributed by atoms with Gasteiger partial charge in [-0.25, -0.2) is 18.2 Å². The molecule has 1 aliphatic rings. The topological polar surface area (TPSA) is 161 Å². The summed E-state index contributed by atoms with van der Waals surface area (Å²) in [5.74, 6) is -1.38. The third-order valence-corrected chi connectivity index (χ3v) is 9.75. The summed E-state index contributed by atoms with van der Waals surface area (Å²) in [4.78, 5) is 43.9. The molecule has 45 heavy (non-hydrogen) atoms. The van der Waals surface area contributed by atoms with E-state index in [1.54, 1.807) is 45.2 Å². The Morgan fingerprint density at radius 2 is 1.89 bits per heavy atom. The molecule has 0 aliphatic carbocycles. The van der Waals surface area contributed by atoms with Gasteiger partial charge in [-0.1, -0.05) is 32.1 Å². The maximum Gasteiger partial charge on any atom is 0.326 e. The van der Waals surface area contributed by atoms with Crippen molar-refractivity contribution in [3.05, 3.63) is 60.4 Å². The molecule has 1 saturated heterocycles. The molecular formula is C31H46N6O6S2. The van der Waals surface area contributed by atoms with Gasteiger partial charge in [-0.2, -0.15) is 4.31 Å². The third kappa shape index (κ3) is 11.0. The minimum Gasteiger partial charge on any atom is -0.480 e. The quantitative estimate of drug-likeness (QED) is 0.264. The second-order valence-electron chi connectivity index (χ2n) is 9.99. The van der Waals surface area contributed by atoms with Gasteiger partial charge in [0.15, 0.2) is 5.82 Å². The largest absolute Gasteiger partial charge is 0.480 e. The van der Waals surface area contributed by atoms with E-state index in [1.165, 1.54) is 24.2 Å². The number of benzene rings is 1. The minimum atomic E-state index is -3.86. The van der Waals surface area contributed by atoms with Crippen molar-refractivity contribution in [2.45, 2.75) is 64.8 Å². The van der Waals surface area contributed by atoms with E-state index < -0.39 is 38.7 Å². The van der Waals surface area contributed by atoms with Gasteiger partial charge in [0.2, 0.25) is 15.9 Å². The molecule has 0 unspecified atom stereocenters. The highest BCUT2D eigenvalue weighted by molar-refractivity contribution is 8.02. The van der Waals surface area contributed by atoms with Gasteiger partial charge in [0.05, 0.1) is 17.3 Å². The number of carboxylic acids is 1. The van der Waals surface area contributed by atoms with E-state index in [9.17, 15) is 23.1 Å². The molecule has 1 aromatic heterocycles. The summed E-state index contributed by atoms with van der Waals surface area (Å²) < 4.78 is 26.5. The molecule has 1 amide bonds. The Bertz CT molecular complexity index is 1400. The van der Waals surface area contributed by atoms with Crippen LogP contribution in [0.3, 0.4) is 0 Å². The number of thioether (sulfide) groups is 1. The molecule has 2 aromatic rings. The van der Waals surface area contributed by atoms with Gasteiger partial charge in [0.1, 0.15) is 18.9 Å². The standard InChI is InChI=1S/C28H38N6O5S2.C2H6.CH2O/c1-6-14-29-16-17-41(38,39)34-19-40-28(3,4)24(34)26(35)32-23(27(36)37)18-20-10-12-21(13-11-20)33(5)25-22(30-7-2)9-8-15-31-25;2*1-2/h6,8-16,23-24,30H,7,17-19H2,1-5H3,(H,32,35)(H,36,37);1-2H3;1H2/b14-6-,29-16?;;/t23-,24+;;/m0../s1. The number of hydrogen-bond acceptors (Lipinski definition) is 10. The summed E-state index contributed by atoms with van der Waals surface area (Å²) in [5, 5.41) is 15.8. The lowest BCUT2D eigenvalue weighted by Crippen LogP contribution is -2.57. The van der Waals surface area contributed by atoms with Crippen LogP contribution in [-0.2, 0) is 30.8 Å². The van der Waals surface area contributed by atoms with E-state index in [4.69, 9.17) is 4.79 Å². The number of aliphatic carboxylic acids is 1. The molecule has 0 radical (unpaired) electrons. The molecule has 0 bridgehead atoms. The number of sulfonamides is 1. The molecule has 1 aromatic carbocycles. The molecule has 1 aliphatic heterocycles. The highest BCUT2D eigenvalue weighted by Crippen LogP contribution is 2.41. The van der Waals surface area contributed by atoms with Crippen LogP contribution >= 0.6 is 11.8 Å². The number of allylic oxidation sites excluding steroid dienone is 1. The second-order valence-corrected chi connectivity index (χ2v) is 13.6. The van der Waals surface area contributed by atoms with Gasteiger partial charge in [-0.15, -0.1) is 11.8 Å². The van der Waals surface area contributed by atoms with Gasteiger partial charge < -0.3 is 25.4 Å². The Morgan fingerprint density at radius 3 is 2.47 bits per heavy atom. The first-order valence-electron chi connectivity index (χ1n) is 14.5. The number of amides is 1. The van der Waals surface area contributed by atoms with Crippen molar-refractivity contribution >= 4 is 63.9 Å². The molecule has 1 fully saturated rings. The summed E-state index contributed by atoms with van der Waals surface area (Å²) >= 11 is 1.33. The number of aliphatic imine (C=N–C) groups is 1. The molecule has 12 nitrogen and oxygen atoms in total. The summed E-state index contributed by atoms with van der Waals surface area (Å²) in [6.07, 6.45) is 6.17. The van der Waals surface area contributed by atoms with Crippen molar-refractivity contribution in [2.75, 3.05) is 35.4 Å². The van der Waals surface area contributed by atoms with Crippen molar-refractivity contribution in [3.8, 4) is 0 Å². The second kappa shape index (κ2) is 18.9. The monoisotopic (exact) mass is 662 g/mol. The minimum absolute atomic E-state index is 0.0281. The van der Waals surface area contributed by atoms with Crippen LogP contribution in [0.2, 0.25) is 0 Å². The molecule has 3 N–H and O–H groups in total. The number of hydrogen-bond donors (Lipinski definition) is 3. The molecule has 3 rings (SSSR count). The van der Waals surface area contributed by atoms with Crippen LogP contribution < -0.4 is 15.5 Å². The fraction of sp³-hybridized carbons (Fsp3) is 0.452. The highest BCUT2D eigenvalue weighted by Gasteiger charge is 2.50. The van der Waals surface area contributed by atoms with Crippen molar-refractivity contribution < 1.29 is 27.9 Å². The zero-order valence-electron chi connectivity index (χ0n) is 27.1. The van der Waals surface area contributed by atoms with Crippen LogP contribution in [0, 0.1) is 0 Å². The van der Waals surface area contributed by atoms with Crippen LogP contribution in [0.5, 0.6) is 0 Å². The Balaban J connectivity index is 0.00000243. The number of nitrogens with one attached hydrogen (secondary N) is 2. The van der Waals surface area contributed by atoms with Crippen molar-refractivity contribution in [1.29, 1.82) is 0 Å². The Hall–Kier alpha value is -3.75. The molecule has 0 spiro atoms. The Morgan fingerprint density at radius 1 is 1.24 bits per heavy atom. The number of aromatic nitrogens is 1. The number of anilines is 3. The van der Waals surface area contributed by atoms with Crippen LogP contribution in [0.4, 0.5) is 17.2 Å². The van der Waals surface area contributed by atoms with Gasteiger partial charge in [-0.3, -0.25) is 9.79 Å². The lowest BCUT2D eigenvalue weighted by molar-refractivity contribution is -0.142. The van der Waals surface area contributed by atoms with E-state index in [2.05, 4.69) is 20.6 Å². The predicted molar refractivity (Wildman–Crippen MR) is 184 cm³/mol. The van der Waals surface area contributed by atoms with Gasteiger partial charge >= 0.3 is 5.97 Å². The first kappa shape index (κ1) is 39.3. The summed E-state index contributed by atoms with van der Waals surface area (Å²) in [6.45, 7) is 14.1. The Kier molecular flexibility index (Phi) is 16.5. The molecular weight excluding hydrogens is 617 g/mol. The average Bonchev–Trinajstić information content (AvgIpc) is 3.37. The molecule has 2 atom stereocenters. The normalized spacial score (nSPS) is 16.6. The van der Waals surface area contributed by atoms with Crippen molar-refractivity contribution in [1.82, 2.24) is 14.6 Å². The first-order valence-corrected chi connectivity index (χ1v) is 17.1. The molecule has 2 heterocycles. The summed E-state index contributed by atoms with van der Waals surface area (Å²) in [7, 11) is -1.96. The zero-order valence-corrected chi connectivity index (χ0v) is 28.7. The summed E-state index contributed by atoms with van der Waals surface area (Å²) in [6, 6.07) is 8.82. The van der Waals surface area contributed by atoms with Crippen molar-refractivity contribution in [3.63, 3.8) is 0 Å². The van der Waals surface area contributed by atoms with Crippen LogP contribution in [0.25, 0.3) is 0 Å². The highest BCUT2D eigenvalue weighted by atomic mass is 32.2. The van der Waals surface area contributed by atoms with E-state index in [1.807, 2.05) is 63.8 Å². The van der Waals surface area contributed by atoms with E-state index >= 15 is 0 Å². The van der Waals surface area contributed by atoms with Crippen LogP contribution in [0.1, 0.15) is 47.1 Å². The SMILES string of the molecule is C/C=C\N=CCS(=O)(=O)N1CSC(C)(C)[C@H]1C(=O)N[C@@H](Cc1ccc(N(C)c2ncccc2NCC)cc1)C(=O)O.C=O.CC. The van der Waals surface area contributed by atoms with E-state index in [0.29, 0.717) is 5.56 Å². The van der Waals surface area contributed by atoms with Gasteiger partial charge in [0.25, 0.3) is 0 Å². The van der Waals surface area contributed by atoms with Crippen LogP contribution in [0.15, 0.2) is 59.9 Å². The third-order valence-electron chi connectivity index (χ3n) is 6.59. The lowest BCUT2D eigenvalue weighted by Gasteiger charge is -2.30. The summed E-state index contributed by atoms with van der Waals surface area (Å²) in [5.41, 5.74) is 2.45. The maximum atomic E-state index is 13.4. The number of nitrogens with zero attached hydrogens (tertiary/aromatic N) is 4. The maximum absolute atomic E-state index is 13.4. The lowest BCUT2D eigenvalue weighted by atomic mass is 10.0.